The molecule has 3 rings (SSSR count). The number of thiazole rings is 1. The number of ether oxygens (including phenoxy) is 1. The summed E-state index contributed by atoms with van der Waals surface area (Å²) in [5.41, 5.74) is 1.65. The molecule has 1 heterocycles. The number of nitrogens with two attached hydrogens (primary N) is 1. The maximum atomic E-state index is 12.5. The number of benzene rings is 2. The SMILES string of the molecule is COCCn1c(=NC(=O)CCCS(=O)(=O)c2ccc(C)cc2)sc2cc(S(N)(=O)=O)ccc21. The van der Waals surface area contributed by atoms with Gasteiger partial charge in [-0.05, 0) is 43.7 Å². The summed E-state index contributed by atoms with van der Waals surface area (Å²) in [7, 11) is -5.81. The second-order valence-electron chi connectivity index (χ2n) is 7.44. The molecule has 0 spiro atoms. The molecule has 0 radical (unpaired) electrons. The standard InChI is InChI=1S/C21H25N3O6S3/c1-15-5-7-16(8-6-15)32(26,27)13-3-4-20(25)23-21-24(11-12-30-2)18-10-9-17(33(22,28)29)14-19(18)31-21/h5-10,14H,3-4,11-13H2,1-2H3,(H2,22,28,29). The Balaban J connectivity index is 1.81. The molecule has 0 saturated carbocycles. The molecule has 1 aromatic heterocycles. The van der Waals surface area contributed by atoms with Crippen LogP contribution in [0, 0.1) is 6.92 Å². The molecule has 0 aliphatic carbocycles. The number of primary sulfonamides is 1. The Morgan fingerprint density at radius 3 is 2.39 bits per heavy atom. The maximum Gasteiger partial charge on any atom is 0.248 e. The summed E-state index contributed by atoms with van der Waals surface area (Å²) in [5.74, 6) is -0.621. The molecule has 2 N–H and O–H groups in total. The zero-order chi connectivity index (χ0) is 24.2. The lowest BCUT2D eigenvalue weighted by Gasteiger charge is -2.05. The molecule has 12 heteroatoms. The molecule has 0 aliphatic heterocycles. The smallest absolute Gasteiger partial charge is 0.248 e. The maximum absolute atomic E-state index is 12.5. The Morgan fingerprint density at radius 2 is 1.76 bits per heavy atom. The van der Waals surface area contributed by atoms with Gasteiger partial charge in [0.2, 0.25) is 15.9 Å². The van der Waals surface area contributed by atoms with E-state index in [1.54, 1.807) is 42.0 Å². The highest BCUT2D eigenvalue weighted by Gasteiger charge is 2.16. The van der Waals surface area contributed by atoms with Gasteiger partial charge in [-0.2, -0.15) is 4.99 Å². The van der Waals surface area contributed by atoms with E-state index in [1.807, 2.05) is 6.92 Å². The zero-order valence-electron chi connectivity index (χ0n) is 18.2. The lowest BCUT2D eigenvalue weighted by Crippen LogP contribution is -2.19. The van der Waals surface area contributed by atoms with Crippen LogP contribution in [0.1, 0.15) is 18.4 Å². The van der Waals surface area contributed by atoms with Crippen LogP contribution in [0.25, 0.3) is 10.2 Å². The molecule has 33 heavy (non-hydrogen) atoms. The third-order valence-electron chi connectivity index (χ3n) is 4.91. The Morgan fingerprint density at radius 1 is 1.09 bits per heavy atom. The minimum atomic E-state index is -3.87. The third-order valence-corrected chi connectivity index (χ3v) is 8.67. The summed E-state index contributed by atoms with van der Waals surface area (Å²) in [6, 6.07) is 11.0. The first-order valence-electron chi connectivity index (χ1n) is 10.0. The normalized spacial score (nSPS) is 13.0. The number of hydrogen-bond acceptors (Lipinski definition) is 7. The number of aromatic nitrogens is 1. The molecule has 9 nitrogen and oxygen atoms in total. The quantitative estimate of drug-likeness (QED) is 0.466. The number of methoxy groups -OCH3 is 1. The van der Waals surface area contributed by atoms with E-state index in [0.29, 0.717) is 28.2 Å². The largest absolute Gasteiger partial charge is 0.383 e. The van der Waals surface area contributed by atoms with Gasteiger partial charge in [-0.1, -0.05) is 29.0 Å². The molecule has 2 aromatic carbocycles. The van der Waals surface area contributed by atoms with E-state index in [9.17, 15) is 21.6 Å². The summed E-state index contributed by atoms with van der Waals surface area (Å²) in [6.45, 7) is 2.64. The van der Waals surface area contributed by atoms with Crippen LogP contribution < -0.4 is 9.94 Å². The van der Waals surface area contributed by atoms with Gasteiger partial charge in [-0.15, -0.1) is 0 Å². The van der Waals surface area contributed by atoms with Crippen molar-refractivity contribution in [1.82, 2.24) is 4.57 Å². The Hall–Kier alpha value is -2.38. The van der Waals surface area contributed by atoms with E-state index in [-0.39, 0.29) is 28.4 Å². The predicted octanol–water partition coefficient (Wildman–Crippen LogP) is 1.99. The molecular formula is C21H25N3O6S3. The summed E-state index contributed by atoms with van der Waals surface area (Å²) in [4.78, 5) is 17.2. The average Bonchev–Trinajstić information content (AvgIpc) is 3.07. The number of carbonyl (C=O) groups is 1. The molecule has 0 aliphatic rings. The zero-order valence-corrected chi connectivity index (χ0v) is 20.7. The van der Waals surface area contributed by atoms with Crippen molar-refractivity contribution in [3.8, 4) is 0 Å². The Bertz CT molecular complexity index is 1440. The van der Waals surface area contributed by atoms with Crippen LogP contribution in [-0.2, 0) is 35.9 Å². The lowest BCUT2D eigenvalue weighted by molar-refractivity contribution is -0.118. The van der Waals surface area contributed by atoms with E-state index in [2.05, 4.69) is 4.99 Å². The molecule has 178 valence electrons. The number of nitrogens with zero attached hydrogens (tertiary/aromatic N) is 2. The number of amides is 1. The molecule has 0 fully saturated rings. The van der Waals surface area contributed by atoms with Crippen molar-refractivity contribution in [3.63, 3.8) is 0 Å². The highest BCUT2D eigenvalue weighted by atomic mass is 32.2. The second-order valence-corrected chi connectivity index (χ2v) is 12.1. The summed E-state index contributed by atoms with van der Waals surface area (Å²) in [5, 5.41) is 5.22. The first kappa shape index (κ1) is 25.2. The topological polar surface area (TPSA) is 138 Å². The van der Waals surface area contributed by atoms with Crippen LogP contribution in [0.5, 0.6) is 0 Å². The van der Waals surface area contributed by atoms with Crippen molar-refractivity contribution in [1.29, 1.82) is 0 Å². The molecule has 1 amide bonds. The number of sulfone groups is 1. The summed E-state index contributed by atoms with van der Waals surface area (Å²) >= 11 is 1.15. The highest BCUT2D eigenvalue weighted by Crippen LogP contribution is 2.21. The van der Waals surface area contributed by atoms with Crippen molar-refractivity contribution in [2.75, 3.05) is 19.5 Å². The number of aryl methyl sites for hydroxylation is 1. The number of sulfonamides is 1. The van der Waals surface area contributed by atoms with Crippen LogP contribution >= 0.6 is 11.3 Å². The molecule has 0 unspecified atom stereocenters. The highest BCUT2D eigenvalue weighted by molar-refractivity contribution is 7.91. The van der Waals surface area contributed by atoms with Gasteiger partial charge in [0, 0.05) is 20.1 Å². The van der Waals surface area contributed by atoms with Crippen molar-refractivity contribution in [3.05, 3.63) is 52.8 Å². The van der Waals surface area contributed by atoms with Gasteiger partial charge in [0.15, 0.2) is 14.6 Å². The van der Waals surface area contributed by atoms with Gasteiger partial charge in [0.05, 0.1) is 32.4 Å². The minimum Gasteiger partial charge on any atom is -0.383 e. The van der Waals surface area contributed by atoms with Gasteiger partial charge in [0.1, 0.15) is 0 Å². The molecule has 0 saturated heterocycles. The second kappa shape index (κ2) is 10.3. The summed E-state index contributed by atoms with van der Waals surface area (Å²) in [6.07, 6.45) is 0.100. The number of hydrogen-bond donors (Lipinski definition) is 1. The average molecular weight is 512 g/mol. The van der Waals surface area contributed by atoms with Crippen LogP contribution in [0.4, 0.5) is 0 Å². The van der Waals surface area contributed by atoms with Crippen LogP contribution in [0.3, 0.4) is 0 Å². The van der Waals surface area contributed by atoms with E-state index >= 15 is 0 Å². The van der Waals surface area contributed by atoms with Gasteiger partial charge in [-0.3, -0.25) is 4.79 Å². The van der Waals surface area contributed by atoms with Crippen molar-refractivity contribution >= 4 is 47.3 Å². The number of fused-ring (bicyclic) bond motifs is 1. The van der Waals surface area contributed by atoms with Gasteiger partial charge in [-0.25, -0.2) is 22.0 Å². The van der Waals surface area contributed by atoms with Crippen molar-refractivity contribution in [2.45, 2.75) is 36.1 Å². The fraction of sp³-hybridized carbons (Fsp3) is 0.333. The van der Waals surface area contributed by atoms with Gasteiger partial charge >= 0.3 is 0 Å². The molecule has 0 bridgehead atoms. The molecular weight excluding hydrogens is 486 g/mol. The van der Waals surface area contributed by atoms with E-state index in [1.165, 1.54) is 12.1 Å². The van der Waals surface area contributed by atoms with E-state index in [0.717, 1.165) is 16.9 Å². The molecule has 3 aromatic rings. The van der Waals surface area contributed by atoms with Gasteiger partial charge in [0.25, 0.3) is 0 Å². The third kappa shape index (κ3) is 6.36. The Labute approximate surface area is 196 Å². The van der Waals surface area contributed by atoms with Gasteiger partial charge < -0.3 is 9.30 Å². The first-order chi connectivity index (χ1) is 15.5. The Kier molecular flexibility index (Phi) is 7.85. The summed E-state index contributed by atoms with van der Waals surface area (Å²) < 4.78 is 55.8. The minimum absolute atomic E-state index is 0.0330. The van der Waals surface area contributed by atoms with E-state index in [4.69, 9.17) is 9.88 Å². The number of rotatable bonds is 9. The first-order valence-corrected chi connectivity index (χ1v) is 14.0. The predicted molar refractivity (Wildman–Crippen MR) is 126 cm³/mol. The van der Waals surface area contributed by atoms with Crippen molar-refractivity contribution < 1.29 is 26.4 Å². The van der Waals surface area contributed by atoms with Crippen LogP contribution in [0.15, 0.2) is 57.2 Å². The monoisotopic (exact) mass is 511 g/mol. The fourth-order valence-electron chi connectivity index (χ4n) is 3.15. The lowest BCUT2D eigenvalue weighted by atomic mass is 10.2. The fourth-order valence-corrected chi connectivity index (χ4v) is 6.19. The van der Waals surface area contributed by atoms with E-state index < -0.39 is 25.8 Å². The molecule has 0 atom stereocenters. The number of carbonyl (C=O) groups excluding carboxylic acids is 1. The van der Waals surface area contributed by atoms with Crippen LogP contribution in [0.2, 0.25) is 0 Å². The van der Waals surface area contributed by atoms with Crippen LogP contribution in [-0.4, -0.2) is 46.8 Å². The van der Waals surface area contributed by atoms with Crippen molar-refractivity contribution in [2.24, 2.45) is 10.1 Å².